The van der Waals surface area contributed by atoms with E-state index in [1.807, 2.05) is 19.0 Å². The van der Waals surface area contributed by atoms with Gasteiger partial charge in [-0.2, -0.15) is 0 Å². The van der Waals surface area contributed by atoms with Gasteiger partial charge in [-0.1, -0.05) is 0 Å². The van der Waals surface area contributed by atoms with Crippen LogP contribution in [0.2, 0.25) is 0 Å². The van der Waals surface area contributed by atoms with Crippen LogP contribution in [-0.4, -0.2) is 56.4 Å². The number of ether oxygens (including phenoxy) is 1. The number of nitrogens with one attached hydrogen (secondary N) is 2. The van der Waals surface area contributed by atoms with Crippen molar-refractivity contribution in [2.45, 2.75) is 19.1 Å². The molecular weight excluding hydrogens is 326 g/mol. The molecule has 0 radical (unpaired) electrons. The standard InChI is InChI=1S/C17H25N3O5/c1-20(2)7-4-6-18-14-15(17(23)16(14)22)19-9-12(21)10-24-11-13-5-3-8-25-13/h3,5,8,12,18-19,21H,4,6-7,9-11H2,1-2H3. The van der Waals surface area contributed by atoms with E-state index in [9.17, 15) is 14.7 Å². The molecule has 3 N–H and O–H groups in total. The van der Waals surface area contributed by atoms with Crippen LogP contribution in [0, 0.1) is 0 Å². The zero-order valence-electron chi connectivity index (χ0n) is 14.6. The maximum atomic E-state index is 11.7. The van der Waals surface area contributed by atoms with Gasteiger partial charge in [0.25, 0.3) is 10.9 Å². The Hall–Kier alpha value is -2.16. The summed E-state index contributed by atoms with van der Waals surface area (Å²) in [6, 6.07) is 3.54. The van der Waals surface area contributed by atoms with E-state index in [-0.39, 0.29) is 25.4 Å². The van der Waals surface area contributed by atoms with E-state index in [4.69, 9.17) is 9.15 Å². The number of rotatable bonds is 12. The van der Waals surface area contributed by atoms with Crippen LogP contribution >= 0.6 is 0 Å². The highest BCUT2D eigenvalue weighted by Gasteiger charge is 2.21. The van der Waals surface area contributed by atoms with Crippen LogP contribution in [0.25, 0.3) is 0 Å². The van der Waals surface area contributed by atoms with Crippen LogP contribution in [-0.2, 0) is 11.3 Å². The van der Waals surface area contributed by atoms with Gasteiger partial charge in [0.1, 0.15) is 23.7 Å². The molecule has 25 heavy (non-hydrogen) atoms. The molecule has 8 nitrogen and oxygen atoms in total. The van der Waals surface area contributed by atoms with E-state index >= 15 is 0 Å². The highest BCUT2D eigenvalue weighted by atomic mass is 16.5. The smallest absolute Gasteiger partial charge is 0.253 e. The Bertz CT molecular complexity index is 704. The van der Waals surface area contributed by atoms with Crippen LogP contribution in [0.5, 0.6) is 0 Å². The fourth-order valence-corrected chi connectivity index (χ4v) is 2.31. The second kappa shape index (κ2) is 9.36. The highest BCUT2D eigenvalue weighted by Crippen LogP contribution is 2.14. The second-order valence-corrected chi connectivity index (χ2v) is 6.12. The van der Waals surface area contributed by atoms with Crippen LogP contribution in [0.15, 0.2) is 32.4 Å². The fraction of sp³-hybridized carbons (Fsp3) is 0.529. The van der Waals surface area contributed by atoms with E-state index in [0.29, 0.717) is 18.0 Å². The van der Waals surface area contributed by atoms with Crippen molar-refractivity contribution in [3.05, 3.63) is 44.6 Å². The molecule has 0 saturated heterocycles. The van der Waals surface area contributed by atoms with Gasteiger partial charge in [-0.05, 0) is 39.2 Å². The fourth-order valence-electron chi connectivity index (χ4n) is 2.31. The molecule has 0 spiro atoms. The largest absolute Gasteiger partial charge is 0.467 e. The summed E-state index contributed by atoms with van der Waals surface area (Å²) >= 11 is 0. The zero-order chi connectivity index (χ0) is 18.2. The van der Waals surface area contributed by atoms with E-state index in [0.717, 1.165) is 13.0 Å². The molecular formula is C17H25N3O5. The first-order valence-electron chi connectivity index (χ1n) is 8.23. The number of aliphatic hydroxyl groups is 1. The minimum absolute atomic E-state index is 0.0920. The molecule has 1 aromatic heterocycles. The molecule has 0 aliphatic heterocycles. The van der Waals surface area contributed by atoms with Crippen molar-refractivity contribution >= 4 is 11.4 Å². The van der Waals surface area contributed by atoms with Crippen molar-refractivity contribution in [1.82, 2.24) is 4.90 Å². The average Bonchev–Trinajstić information content (AvgIpc) is 3.09. The Morgan fingerprint density at radius 1 is 1.24 bits per heavy atom. The molecule has 8 heteroatoms. The normalized spacial score (nSPS) is 12.6. The summed E-state index contributed by atoms with van der Waals surface area (Å²) in [6.45, 7) is 1.97. The molecule has 0 bridgehead atoms. The van der Waals surface area contributed by atoms with Crippen LogP contribution < -0.4 is 21.5 Å². The summed E-state index contributed by atoms with van der Waals surface area (Å²) in [5.74, 6) is 0.673. The van der Waals surface area contributed by atoms with Crippen molar-refractivity contribution in [2.75, 3.05) is 51.0 Å². The van der Waals surface area contributed by atoms with Crippen LogP contribution in [0.3, 0.4) is 0 Å². The molecule has 0 aliphatic rings. The lowest BCUT2D eigenvalue weighted by Gasteiger charge is -2.17. The topological polar surface area (TPSA) is 104 Å². The molecule has 1 unspecified atom stereocenters. The summed E-state index contributed by atoms with van der Waals surface area (Å²) in [5, 5.41) is 15.7. The third-order valence-electron chi connectivity index (χ3n) is 3.64. The van der Waals surface area contributed by atoms with Crippen molar-refractivity contribution in [3.63, 3.8) is 0 Å². The van der Waals surface area contributed by atoms with Gasteiger partial charge in [0.05, 0.1) is 19.0 Å². The molecule has 1 atom stereocenters. The van der Waals surface area contributed by atoms with Gasteiger partial charge in [-0.15, -0.1) is 0 Å². The van der Waals surface area contributed by atoms with Crippen LogP contribution in [0.1, 0.15) is 12.2 Å². The second-order valence-electron chi connectivity index (χ2n) is 6.12. The number of anilines is 2. The van der Waals surface area contributed by atoms with Gasteiger partial charge in [0.15, 0.2) is 0 Å². The minimum atomic E-state index is -0.805. The monoisotopic (exact) mass is 351 g/mol. The first kappa shape index (κ1) is 19.2. The zero-order valence-corrected chi connectivity index (χ0v) is 14.6. The van der Waals surface area contributed by atoms with E-state index in [1.165, 1.54) is 0 Å². The van der Waals surface area contributed by atoms with Crippen molar-refractivity contribution in [3.8, 4) is 0 Å². The molecule has 138 valence electrons. The molecule has 2 aromatic rings. The number of aliphatic hydroxyl groups excluding tert-OH is 1. The van der Waals surface area contributed by atoms with E-state index < -0.39 is 17.0 Å². The maximum Gasteiger partial charge on any atom is 0.253 e. The molecule has 0 amide bonds. The average molecular weight is 351 g/mol. The predicted molar refractivity (Wildman–Crippen MR) is 95.9 cm³/mol. The first-order chi connectivity index (χ1) is 12.0. The van der Waals surface area contributed by atoms with Gasteiger partial charge in [-0.25, -0.2) is 0 Å². The lowest BCUT2D eigenvalue weighted by molar-refractivity contribution is 0.0282. The molecule has 0 aliphatic carbocycles. The summed E-state index contributed by atoms with van der Waals surface area (Å²) < 4.78 is 10.4. The lowest BCUT2D eigenvalue weighted by atomic mass is 10.1. The quantitative estimate of drug-likeness (QED) is 0.369. The van der Waals surface area contributed by atoms with Crippen LogP contribution in [0.4, 0.5) is 11.4 Å². The third-order valence-corrected chi connectivity index (χ3v) is 3.64. The number of hydrogen-bond donors (Lipinski definition) is 3. The molecule has 0 saturated carbocycles. The Kier molecular flexibility index (Phi) is 7.17. The Morgan fingerprint density at radius 3 is 2.60 bits per heavy atom. The van der Waals surface area contributed by atoms with E-state index in [2.05, 4.69) is 10.6 Å². The lowest BCUT2D eigenvalue weighted by Crippen LogP contribution is -2.39. The summed E-state index contributed by atoms with van der Waals surface area (Å²) in [7, 11) is 3.94. The third kappa shape index (κ3) is 5.70. The Morgan fingerprint density at radius 2 is 1.96 bits per heavy atom. The van der Waals surface area contributed by atoms with Gasteiger partial charge in [0, 0.05) is 13.1 Å². The Balaban J connectivity index is 1.71. The van der Waals surface area contributed by atoms with Gasteiger partial charge >= 0.3 is 0 Å². The summed E-state index contributed by atoms with van der Waals surface area (Å²) in [6.07, 6.45) is 1.60. The van der Waals surface area contributed by atoms with Gasteiger partial charge in [0.2, 0.25) is 0 Å². The van der Waals surface area contributed by atoms with Crippen molar-refractivity contribution in [2.24, 2.45) is 0 Å². The molecule has 0 fully saturated rings. The van der Waals surface area contributed by atoms with Crippen molar-refractivity contribution < 1.29 is 14.3 Å². The minimum Gasteiger partial charge on any atom is -0.467 e. The molecule has 2 rings (SSSR count). The molecule has 1 aromatic carbocycles. The van der Waals surface area contributed by atoms with E-state index in [1.54, 1.807) is 18.4 Å². The van der Waals surface area contributed by atoms with Gasteiger partial charge in [-0.3, -0.25) is 9.59 Å². The number of nitrogens with zero attached hydrogens (tertiary/aromatic N) is 1. The van der Waals surface area contributed by atoms with Gasteiger partial charge < -0.3 is 29.8 Å². The number of hydrogen-bond acceptors (Lipinski definition) is 8. The predicted octanol–water partition coefficient (Wildman–Crippen LogP) is 0.229. The molecule has 1 heterocycles. The Labute approximate surface area is 146 Å². The SMILES string of the molecule is CN(C)CCCNc1c(NCC(O)COCc2ccco2)c(=O)c1=O. The maximum absolute atomic E-state index is 11.7. The first-order valence-corrected chi connectivity index (χ1v) is 8.23. The summed E-state index contributed by atoms with van der Waals surface area (Å²) in [4.78, 5) is 25.3. The number of furan rings is 1. The van der Waals surface area contributed by atoms with Crippen molar-refractivity contribution in [1.29, 1.82) is 0 Å². The highest BCUT2D eigenvalue weighted by molar-refractivity contribution is 5.73. The summed E-state index contributed by atoms with van der Waals surface area (Å²) in [5.41, 5.74) is -0.540.